The number of nitrogens with one attached hydrogen (secondary N) is 1. The molecule has 0 aromatic carbocycles. The second-order valence-electron chi connectivity index (χ2n) is 6.84. The molecule has 0 aliphatic rings. The zero-order valence-electron chi connectivity index (χ0n) is 15.9. The van der Waals surface area contributed by atoms with E-state index in [0.717, 1.165) is 19.3 Å². The van der Waals surface area contributed by atoms with E-state index in [4.69, 9.17) is 10.3 Å². The number of aromatic nitrogens is 4. The van der Waals surface area contributed by atoms with Crippen molar-refractivity contribution in [2.75, 3.05) is 17.2 Å². The van der Waals surface area contributed by atoms with Crippen LogP contribution >= 0.6 is 0 Å². The molecule has 0 spiro atoms. The molecule has 0 bridgehead atoms. The standard InChI is InChI=1S/C17H28N6O3/c1-5-6-8-23-15(18)14(16(24)20-17(23)25)22(9-7-11(2)3)10-13-19-12(4)21-26-13/h11H,5-10,18H2,1-4H3,(H,20,24,25). The maximum absolute atomic E-state index is 12.5. The fraction of sp³-hybridized carbons (Fsp3) is 0.647. The molecule has 0 aliphatic heterocycles. The molecule has 144 valence electrons. The molecule has 0 atom stereocenters. The van der Waals surface area contributed by atoms with Crippen LogP contribution in [0, 0.1) is 12.8 Å². The first-order chi connectivity index (χ1) is 12.3. The number of aromatic amines is 1. The molecule has 0 saturated carbocycles. The van der Waals surface area contributed by atoms with Crippen LogP contribution in [0.2, 0.25) is 0 Å². The van der Waals surface area contributed by atoms with Gasteiger partial charge in [0.25, 0.3) is 5.56 Å². The fourth-order valence-electron chi connectivity index (χ4n) is 2.67. The highest BCUT2D eigenvalue weighted by Crippen LogP contribution is 2.20. The molecule has 9 heteroatoms. The van der Waals surface area contributed by atoms with E-state index >= 15 is 0 Å². The first kappa shape index (κ1) is 19.7. The third kappa shape index (κ3) is 4.74. The molecule has 0 fully saturated rings. The van der Waals surface area contributed by atoms with E-state index in [1.165, 1.54) is 4.57 Å². The molecule has 0 radical (unpaired) electrons. The van der Waals surface area contributed by atoms with Gasteiger partial charge in [0, 0.05) is 13.1 Å². The molecule has 3 N–H and O–H groups in total. The van der Waals surface area contributed by atoms with Crippen LogP contribution in [-0.4, -0.2) is 26.2 Å². The zero-order valence-corrected chi connectivity index (χ0v) is 15.9. The largest absolute Gasteiger partial charge is 0.383 e. The second-order valence-corrected chi connectivity index (χ2v) is 6.84. The average molecular weight is 364 g/mol. The molecular formula is C17H28N6O3. The monoisotopic (exact) mass is 364 g/mol. The number of rotatable bonds is 9. The maximum Gasteiger partial charge on any atom is 0.330 e. The lowest BCUT2D eigenvalue weighted by Crippen LogP contribution is -2.39. The summed E-state index contributed by atoms with van der Waals surface area (Å²) >= 11 is 0. The van der Waals surface area contributed by atoms with E-state index in [-0.39, 0.29) is 18.1 Å². The lowest BCUT2D eigenvalue weighted by molar-refractivity contribution is 0.371. The number of hydrogen-bond acceptors (Lipinski definition) is 7. The first-order valence-electron chi connectivity index (χ1n) is 9.00. The van der Waals surface area contributed by atoms with Crippen molar-refractivity contribution in [3.8, 4) is 0 Å². The second kappa shape index (κ2) is 8.68. The lowest BCUT2D eigenvalue weighted by atomic mass is 10.1. The highest BCUT2D eigenvalue weighted by molar-refractivity contribution is 5.62. The number of nitrogens with two attached hydrogens (primary N) is 1. The number of aryl methyl sites for hydroxylation is 1. The van der Waals surface area contributed by atoms with Crippen molar-refractivity contribution < 1.29 is 4.52 Å². The van der Waals surface area contributed by atoms with E-state index in [2.05, 4.69) is 29.0 Å². The number of unbranched alkanes of at least 4 members (excludes halogenated alkanes) is 1. The number of anilines is 2. The van der Waals surface area contributed by atoms with Crippen molar-refractivity contribution in [1.82, 2.24) is 19.7 Å². The molecule has 2 aromatic rings. The summed E-state index contributed by atoms with van der Waals surface area (Å²) in [4.78, 5) is 33.0. The molecule has 0 saturated heterocycles. The van der Waals surface area contributed by atoms with E-state index in [0.29, 0.717) is 30.7 Å². The van der Waals surface area contributed by atoms with Gasteiger partial charge in [-0.05, 0) is 25.7 Å². The van der Waals surface area contributed by atoms with Crippen molar-refractivity contribution in [3.63, 3.8) is 0 Å². The Morgan fingerprint density at radius 1 is 1.35 bits per heavy atom. The average Bonchev–Trinajstić information content (AvgIpc) is 2.97. The van der Waals surface area contributed by atoms with Gasteiger partial charge in [-0.1, -0.05) is 32.3 Å². The minimum absolute atomic E-state index is 0.173. The van der Waals surface area contributed by atoms with Crippen LogP contribution < -0.4 is 21.9 Å². The van der Waals surface area contributed by atoms with Crippen molar-refractivity contribution in [3.05, 3.63) is 32.6 Å². The molecule has 0 aliphatic carbocycles. The van der Waals surface area contributed by atoms with Crippen LogP contribution in [0.25, 0.3) is 0 Å². The highest BCUT2D eigenvalue weighted by Gasteiger charge is 2.21. The van der Waals surface area contributed by atoms with Gasteiger partial charge in [-0.15, -0.1) is 0 Å². The van der Waals surface area contributed by atoms with Gasteiger partial charge in [-0.2, -0.15) is 4.98 Å². The number of H-pyrrole nitrogens is 1. The van der Waals surface area contributed by atoms with E-state index in [1.807, 2.05) is 11.8 Å². The van der Waals surface area contributed by atoms with Gasteiger partial charge < -0.3 is 15.2 Å². The Morgan fingerprint density at radius 3 is 2.65 bits per heavy atom. The molecular weight excluding hydrogens is 336 g/mol. The Morgan fingerprint density at radius 2 is 2.08 bits per heavy atom. The lowest BCUT2D eigenvalue weighted by Gasteiger charge is -2.25. The minimum atomic E-state index is -0.500. The summed E-state index contributed by atoms with van der Waals surface area (Å²) in [7, 11) is 0. The summed E-state index contributed by atoms with van der Waals surface area (Å²) in [6.07, 6.45) is 2.56. The Balaban J connectivity index is 2.44. The number of nitrogens with zero attached hydrogens (tertiary/aromatic N) is 4. The smallest absolute Gasteiger partial charge is 0.330 e. The SMILES string of the molecule is CCCCn1c(N)c(N(CCC(C)C)Cc2nc(C)no2)c(=O)[nH]c1=O. The topological polar surface area (TPSA) is 123 Å². The van der Waals surface area contributed by atoms with Gasteiger partial charge in [0.05, 0.1) is 6.54 Å². The predicted molar refractivity (Wildman–Crippen MR) is 100 cm³/mol. The summed E-state index contributed by atoms with van der Waals surface area (Å²) in [5.41, 5.74) is 5.52. The molecule has 26 heavy (non-hydrogen) atoms. The van der Waals surface area contributed by atoms with Gasteiger partial charge in [-0.25, -0.2) is 4.79 Å². The van der Waals surface area contributed by atoms with Gasteiger partial charge in [0.15, 0.2) is 5.82 Å². The Kier molecular flexibility index (Phi) is 6.59. The Labute approximate surface area is 152 Å². The molecule has 2 heterocycles. The van der Waals surface area contributed by atoms with Crippen molar-refractivity contribution >= 4 is 11.5 Å². The molecule has 2 rings (SSSR count). The van der Waals surface area contributed by atoms with Crippen LogP contribution in [0.15, 0.2) is 14.1 Å². The molecule has 0 amide bonds. The number of hydrogen-bond donors (Lipinski definition) is 2. The third-order valence-electron chi connectivity index (χ3n) is 4.14. The van der Waals surface area contributed by atoms with Gasteiger partial charge >= 0.3 is 5.69 Å². The predicted octanol–water partition coefficient (Wildman–Crippen LogP) is 1.66. The Bertz CT molecular complexity index is 836. The van der Waals surface area contributed by atoms with Gasteiger partial charge in [-0.3, -0.25) is 14.3 Å². The number of nitrogen functional groups attached to an aromatic ring is 1. The molecule has 0 unspecified atom stereocenters. The highest BCUT2D eigenvalue weighted by atomic mass is 16.5. The van der Waals surface area contributed by atoms with Crippen LogP contribution in [-0.2, 0) is 13.1 Å². The minimum Gasteiger partial charge on any atom is -0.383 e. The third-order valence-corrected chi connectivity index (χ3v) is 4.14. The van der Waals surface area contributed by atoms with Crippen molar-refractivity contribution in [1.29, 1.82) is 0 Å². The van der Waals surface area contributed by atoms with E-state index in [9.17, 15) is 9.59 Å². The van der Waals surface area contributed by atoms with E-state index in [1.54, 1.807) is 6.92 Å². The van der Waals surface area contributed by atoms with Crippen molar-refractivity contribution in [2.45, 2.75) is 60.0 Å². The summed E-state index contributed by atoms with van der Waals surface area (Å²) in [5.74, 6) is 1.54. The quantitative estimate of drug-likeness (QED) is 0.693. The first-order valence-corrected chi connectivity index (χ1v) is 9.00. The summed E-state index contributed by atoms with van der Waals surface area (Å²) in [6.45, 7) is 9.27. The normalized spacial score (nSPS) is 11.3. The molecule has 2 aromatic heterocycles. The summed E-state index contributed by atoms with van der Waals surface area (Å²) < 4.78 is 6.62. The summed E-state index contributed by atoms with van der Waals surface area (Å²) in [5, 5.41) is 3.79. The van der Waals surface area contributed by atoms with Gasteiger partial charge in [0.1, 0.15) is 11.5 Å². The molecule has 9 nitrogen and oxygen atoms in total. The Hall–Kier alpha value is -2.58. The fourth-order valence-corrected chi connectivity index (χ4v) is 2.67. The van der Waals surface area contributed by atoms with E-state index < -0.39 is 11.2 Å². The maximum atomic E-state index is 12.5. The van der Waals surface area contributed by atoms with Crippen LogP contribution in [0.4, 0.5) is 11.5 Å². The van der Waals surface area contributed by atoms with Crippen LogP contribution in [0.1, 0.15) is 51.7 Å². The zero-order chi connectivity index (χ0) is 19.3. The van der Waals surface area contributed by atoms with Gasteiger partial charge in [0.2, 0.25) is 5.89 Å². The van der Waals surface area contributed by atoms with Crippen LogP contribution in [0.3, 0.4) is 0 Å². The summed E-state index contributed by atoms with van der Waals surface area (Å²) in [6, 6.07) is 0. The van der Waals surface area contributed by atoms with Crippen molar-refractivity contribution in [2.24, 2.45) is 5.92 Å². The van der Waals surface area contributed by atoms with Crippen LogP contribution in [0.5, 0.6) is 0 Å².